The highest BCUT2D eigenvalue weighted by Crippen LogP contribution is 2.24. The molecule has 0 aliphatic rings. The maximum atomic E-state index is 11.1. The number of methoxy groups -OCH3 is 1. The number of aromatic nitrogens is 1. The van der Waals surface area contributed by atoms with Gasteiger partial charge in [-0.3, -0.25) is 0 Å². The van der Waals surface area contributed by atoms with E-state index in [-0.39, 0.29) is 6.61 Å². The quantitative estimate of drug-likeness (QED) is 0.604. The Morgan fingerprint density at radius 2 is 2.00 bits per heavy atom. The Kier molecular flexibility index (Phi) is 5.98. The summed E-state index contributed by atoms with van der Waals surface area (Å²) in [5.74, 6) is 1.44. The van der Waals surface area contributed by atoms with Gasteiger partial charge in [0.25, 0.3) is 0 Å². The van der Waals surface area contributed by atoms with Crippen LogP contribution in [0, 0.1) is 6.92 Å². The second kappa shape index (κ2) is 8.60. The molecule has 0 radical (unpaired) electrons. The predicted octanol–water partition coefficient (Wildman–Crippen LogP) is 4.47. The van der Waals surface area contributed by atoms with Gasteiger partial charge >= 0.3 is 5.97 Å². The lowest BCUT2D eigenvalue weighted by molar-refractivity contribution is -0.142. The van der Waals surface area contributed by atoms with E-state index in [1.165, 1.54) is 7.11 Å². The lowest BCUT2D eigenvalue weighted by Crippen LogP contribution is -2.12. The number of esters is 1. The van der Waals surface area contributed by atoms with E-state index in [1.54, 1.807) is 12.3 Å². The van der Waals surface area contributed by atoms with E-state index in [4.69, 9.17) is 20.8 Å². The molecule has 0 saturated carbocycles. The summed E-state index contributed by atoms with van der Waals surface area (Å²) in [4.78, 5) is 15.4. The van der Waals surface area contributed by atoms with Crippen molar-refractivity contribution in [3.8, 4) is 17.1 Å². The standard InChI is InChI=1S/C20H19ClN2O4/c1-13-9-16(26-12-20(24)25-2)7-8-17(13)22-11-19-23-10-18(27-19)14-3-5-15(21)6-4-14/h3-10,22H,11-12H2,1-2H3. The summed E-state index contributed by atoms with van der Waals surface area (Å²) < 4.78 is 15.7. The highest BCUT2D eigenvalue weighted by Gasteiger charge is 2.08. The second-order valence-corrected chi connectivity index (χ2v) is 6.26. The van der Waals surface area contributed by atoms with E-state index in [9.17, 15) is 4.79 Å². The molecule has 0 unspecified atom stereocenters. The Morgan fingerprint density at radius 1 is 1.22 bits per heavy atom. The third-order valence-electron chi connectivity index (χ3n) is 3.89. The predicted molar refractivity (Wildman–Crippen MR) is 103 cm³/mol. The fourth-order valence-electron chi connectivity index (χ4n) is 2.44. The number of carbonyl (C=O) groups is 1. The molecule has 3 rings (SSSR count). The smallest absolute Gasteiger partial charge is 0.343 e. The second-order valence-electron chi connectivity index (χ2n) is 5.82. The third kappa shape index (κ3) is 5.01. The number of ether oxygens (including phenoxy) is 2. The first-order valence-electron chi connectivity index (χ1n) is 8.30. The van der Waals surface area contributed by atoms with Crippen molar-refractivity contribution in [1.82, 2.24) is 4.98 Å². The largest absolute Gasteiger partial charge is 0.482 e. The molecule has 0 aliphatic heterocycles. The Labute approximate surface area is 162 Å². The molecule has 0 fully saturated rings. The van der Waals surface area contributed by atoms with Crippen molar-refractivity contribution in [2.45, 2.75) is 13.5 Å². The van der Waals surface area contributed by atoms with E-state index >= 15 is 0 Å². The average Bonchev–Trinajstić information content (AvgIpc) is 3.15. The zero-order chi connectivity index (χ0) is 19.2. The van der Waals surface area contributed by atoms with E-state index in [1.807, 2.05) is 43.3 Å². The van der Waals surface area contributed by atoms with E-state index < -0.39 is 5.97 Å². The fourth-order valence-corrected chi connectivity index (χ4v) is 2.56. The molecule has 7 heteroatoms. The van der Waals surface area contributed by atoms with Gasteiger partial charge in [-0.1, -0.05) is 11.6 Å². The number of hydrogen-bond acceptors (Lipinski definition) is 6. The van der Waals surface area contributed by atoms with Crippen LogP contribution in [-0.2, 0) is 16.1 Å². The van der Waals surface area contributed by atoms with Crippen LogP contribution in [0.2, 0.25) is 5.02 Å². The summed E-state index contributed by atoms with van der Waals surface area (Å²) in [6.45, 7) is 2.27. The molecule has 6 nitrogen and oxygen atoms in total. The van der Waals surface area contributed by atoms with Crippen LogP contribution in [0.25, 0.3) is 11.3 Å². The highest BCUT2D eigenvalue weighted by molar-refractivity contribution is 6.30. The van der Waals surface area contributed by atoms with Crippen molar-refractivity contribution >= 4 is 23.3 Å². The van der Waals surface area contributed by atoms with Crippen LogP contribution in [0.4, 0.5) is 5.69 Å². The van der Waals surface area contributed by atoms with Gasteiger partial charge in [0.1, 0.15) is 5.75 Å². The number of aryl methyl sites for hydroxylation is 1. The molecule has 0 amide bonds. The van der Waals surface area contributed by atoms with Crippen molar-refractivity contribution in [3.05, 3.63) is 65.1 Å². The zero-order valence-electron chi connectivity index (χ0n) is 15.0. The first kappa shape index (κ1) is 18.8. The number of oxazole rings is 1. The van der Waals surface area contributed by atoms with Gasteiger partial charge in [0.05, 0.1) is 19.9 Å². The van der Waals surface area contributed by atoms with E-state index in [0.717, 1.165) is 16.8 Å². The first-order valence-corrected chi connectivity index (χ1v) is 8.68. The molecule has 0 spiro atoms. The molecule has 1 N–H and O–H groups in total. The number of nitrogens with zero attached hydrogens (tertiary/aromatic N) is 1. The van der Waals surface area contributed by atoms with Crippen LogP contribution in [-0.4, -0.2) is 24.7 Å². The van der Waals surface area contributed by atoms with Crippen molar-refractivity contribution in [2.75, 3.05) is 19.0 Å². The first-order chi connectivity index (χ1) is 13.0. The van der Waals surface area contributed by atoms with Gasteiger partial charge in [-0.25, -0.2) is 9.78 Å². The Morgan fingerprint density at radius 3 is 2.70 bits per heavy atom. The van der Waals surface area contributed by atoms with Gasteiger partial charge in [-0.05, 0) is 55.0 Å². The number of carbonyl (C=O) groups excluding carboxylic acids is 1. The van der Waals surface area contributed by atoms with Gasteiger partial charge in [-0.2, -0.15) is 0 Å². The van der Waals surface area contributed by atoms with Crippen LogP contribution in [0.3, 0.4) is 0 Å². The third-order valence-corrected chi connectivity index (χ3v) is 4.15. The van der Waals surface area contributed by atoms with Crippen molar-refractivity contribution in [1.29, 1.82) is 0 Å². The summed E-state index contributed by atoms with van der Waals surface area (Å²) in [5.41, 5.74) is 2.81. The lowest BCUT2D eigenvalue weighted by atomic mass is 10.2. The minimum absolute atomic E-state index is 0.119. The number of nitrogens with one attached hydrogen (secondary N) is 1. The molecular formula is C20H19ClN2O4. The van der Waals surface area contributed by atoms with Crippen LogP contribution in [0.5, 0.6) is 5.75 Å². The Hall–Kier alpha value is -2.99. The monoisotopic (exact) mass is 386 g/mol. The van der Waals surface area contributed by atoms with Crippen molar-refractivity contribution in [2.24, 2.45) is 0 Å². The maximum absolute atomic E-state index is 11.1. The normalized spacial score (nSPS) is 10.5. The topological polar surface area (TPSA) is 73.6 Å². The fraction of sp³-hybridized carbons (Fsp3) is 0.200. The molecule has 1 aromatic heterocycles. The molecule has 2 aromatic carbocycles. The summed E-state index contributed by atoms with van der Waals surface area (Å²) in [7, 11) is 1.32. The van der Waals surface area contributed by atoms with Gasteiger partial charge in [0.2, 0.25) is 5.89 Å². The number of hydrogen-bond donors (Lipinski definition) is 1. The highest BCUT2D eigenvalue weighted by atomic mass is 35.5. The minimum Gasteiger partial charge on any atom is -0.482 e. The molecule has 1 heterocycles. The maximum Gasteiger partial charge on any atom is 0.343 e. The van der Waals surface area contributed by atoms with Crippen LogP contribution in [0.15, 0.2) is 53.1 Å². The molecule has 0 saturated heterocycles. The lowest BCUT2D eigenvalue weighted by Gasteiger charge is -2.10. The van der Waals surface area contributed by atoms with Crippen LogP contribution in [0.1, 0.15) is 11.5 Å². The van der Waals surface area contributed by atoms with E-state index in [0.29, 0.717) is 29.0 Å². The van der Waals surface area contributed by atoms with Gasteiger partial charge in [0, 0.05) is 16.3 Å². The molecule has 140 valence electrons. The number of benzene rings is 2. The molecule has 0 atom stereocenters. The van der Waals surface area contributed by atoms with Gasteiger partial charge in [-0.15, -0.1) is 0 Å². The number of halogens is 1. The van der Waals surface area contributed by atoms with Crippen molar-refractivity contribution < 1.29 is 18.7 Å². The zero-order valence-corrected chi connectivity index (χ0v) is 15.7. The molecule has 27 heavy (non-hydrogen) atoms. The number of anilines is 1. The molecule has 0 bridgehead atoms. The molecule has 3 aromatic rings. The minimum atomic E-state index is -0.421. The van der Waals surface area contributed by atoms with Crippen molar-refractivity contribution in [3.63, 3.8) is 0 Å². The summed E-state index contributed by atoms with van der Waals surface area (Å²) in [6, 6.07) is 12.9. The SMILES string of the molecule is COC(=O)COc1ccc(NCc2ncc(-c3ccc(Cl)cc3)o2)c(C)c1. The summed E-state index contributed by atoms with van der Waals surface area (Å²) in [5, 5.41) is 3.96. The summed E-state index contributed by atoms with van der Waals surface area (Å²) in [6.07, 6.45) is 1.69. The summed E-state index contributed by atoms with van der Waals surface area (Å²) >= 11 is 5.90. The number of rotatable bonds is 7. The van der Waals surface area contributed by atoms with Crippen LogP contribution >= 0.6 is 11.6 Å². The van der Waals surface area contributed by atoms with E-state index in [2.05, 4.69) is 15.0 Å². The van der Waals surface area contributed by atoms with Gasteiger partial charge in [0.15, 0.2) is 12.4 Å². The average molecular weight is 387 g/mol. The van der Waals surface area contributed by atoms with Gasteiger partial charge < -0.3 is 19.2 Å². The Bertz CT molecular complexity index is 922. The van der Waals surface area contributed by atoms with Crippen LogP contribution < -0.4 is 10.1 Å². The Balaban J connectivity index is 1.60. The molecule has 0 aliphatic carbocycles. The molecular weight excluding hydrogens is 368 g/mol.